The van der Waals surface area contributed by atoms with Gasteiger partial charge in [0.15, 0.2) is 17.3 Å². The van der Waals surface area contributed by atoms with Crippen molar-refractivity contribution in [2.45, 2.75) is 0 Å². The molecule has 9 heteroatoms. The van der Waals surface area contributed by atoms with Crippen molar-refractivity contribution in [1.82, 2.24) is 14.8 Å². The third kappa shape index (κ3) is 3.57. The summed E-state index contributed by atoms with van der Waals surface area (Å²) >= 11 is 0. The van der Waals surface area contributed by atoms with Crippen LogP contribution < -0.4 is 14.8 Å². The van der Waals surface area contributed by atoms with E-state index >= 15 is 0 Å². The summed E-state index contributed by atoms with van der Waals surface area (Å²) in [6, 6.07) is 6.69. The summed E-state index contributed by atoms with van der Waals surface area (Å²) in [4.78, 5) is 15.8. The van der Waals surface area contributed by atoms with Crippen LogP contribution in [0.1, 0.15) is 10.5 Å². The van der Waals surface area contributed by atoms with Crippen molar-refractivity contribution in [2.24, 2.45) is 7.05 Å². The van der Waals surface area contributed by atoms with Gasteiger partial charge in [-0.2, -0.15) is 5.10 Å². The molecule has 140 valence electrons. The molecule has 3 aromatic rings. The summed E-state index contributed by atoms with van der Waals surface area (Å²) in [5.41, 5.74) is 0.605. The highest BCUT2D eigenvalue weighted by atomic mass is 19.1. The quantitative estimate of drug-likeness (QED) is 0.743. The molecular weight excluding hydrogens is 358 g/mol. The van der Waals surface area contributed by atoms with Crippen LogP contribution in [0.4, 0.5) is 14.5 Å². The van der Waals surface area contributed by atoms with E-state index < -0.39 is 23.2 Å². The number of methoxy groups -OCH3 is 2. The van der Waals surface area contributed by atoms with Crippen molar-refractivity contribution >= 4 is 11.6 Å². The topological polar surface area (TPSA) is 78.3 Å². The lowest BCUT2D eigenvalue weighted by molar-refractivity contribution is 0.102. The first-order chi connectivity index (χ1) is 12.9. The monoisotopic (exact) mass is 374 g/mol. The maximum Gasteiger partial charge on any atom is 0.276 e. The molecule has 1 N–H and O–H groups in total. The average Bonchev–Trinajstić information content (AvgIpc) is 3.05. The van der Waals surface area contributed by atoms with Gasteiger partial charge < -0.3 is 14.8 Å². The van der Waals surface area contributed by atoms with Gasteiger partial charge in [0.1, 0.15) is 17.2 Å². The number of nitrogens with one attached hydrogen (secondary N) is 1. The minimum Gasteiger partial charge on any atom is -0.497 e. The molecule has 1 aromatic carbocycles. The average molecular weight is 374 g/mol. The molecule has 2 heterocycles. The van der Waals surface area contributed by atoms with E-state index in [2.05, 4.69) is 15.4 Å². The van der Waals surface area contributed by atoms with E-state index in [0.717, 1.165) is 12.4 Å². The molecule has 7 nitrogen and oxygen atoms in total. The Labute approximate surface area is 153 Å². The van der Waals surface area contributed by atoms with Crippen LogP contribution in [0, 0.1) is 11.6 Å². The van der Waals surface area contributed by atoms with Crippen LogP contribution in [0.25, 0.3) is 11.3 Å². The largest absolute Gasteiger partial charge is 0.497 e. The Hall–Kier alpha value is -3.49. The molecule has 1 amide bonds. The van der Waals surface area contributed by atoms with Crippen LogP contribution in [0.5, 0.6) is 11.5 Å². The Balaban J connectivity index is 1.96. The highest BCUT2D eigenvalue weighted by Gasteiger charge is 2.20. The van der Waals surface area contributed by atoms with Gasteiger partial charge in [-0.05, 0) is 24.3 Å². The first-order valence-corrected chi connectivity index (χ1v) is 7.81. The molecule has 0 saturated carbocycles. The summed E-state index contributed by atoms with van der Waals surface area (Å²) in [5, 5.41) is 6.30. The normalized spacial score (nSPS) is 10.6. The fraction of sp³-hybridized carbons (Fsp3) is 0.167. The van der Waals surface area contributed by atoms with Crippen molar-refractivity contribution in [1.29, 1.82) is 0 Å². The predicted octanol–water partition coefficient (Wildman–Crippen LogP) is 3.03. The second-order valence-corrected chi connectivity index (χ2v) is 5.54. The number of rotatable bonds is 5. The van der Waals surface area contributed by atoms with Crippen LogP contribution in [-0.2, 0) is 7.05 Å². The van der Waals surface area contributed by atoms with Gasteiger partial charge in [-0.25, -0.2) is 8.78 Å². The molecule has 0 unspecified atom stereocenters. The lowest BCUT2D eigenvalue weighted by Crippen LogP contribution is -2.15. The molecular formula is C18H16F2N4O3. The Morgan fingerprint density at radius 2 is 1.81 bits per heavy atom. The lowest BCUT2D eigenvalue weighted by Gasteiger charge is -2.10. The van der Waals surface area contributed by atoms with Gasteiger partial charge in [-0.3, -0.25) is 14.5 Å². The minimum atomic E-state index is -0.978. The number of aromatic nitrogens is 3. The summed E-state index contributed by atoms with van der Waals surface area (Å²) < 4.78 is 39.4. The zero-order valence-electron chi connectivity index (χ0n) is 14.8. The van der Waals surface area contributed by atoms with E-state index in [4.69, 9.17) is 9.47 Å². The molecule has 0 atom stereocenters. The van der Waals surface area contributed by atoms with E-state index in [0.29, 0.717) is 22.8 Å². The van der Waals surface area contributed by atoms with Gasteiger partial charge in [0, 0.05) is 12.6 Å². The van der Waals surface area contributed by atoms with E-state index in [-0.39, 0.29) is 5.69 Å². The molecule has 27 heavy (non-hydrogen) atoms. The summed E-state index contributed by atoms with van der Waals surface area (Å²) in [7, 11) is 4.69. The van der Waals surface area contributed by atoms with Crippen molar-refractivity contribution < 1.29 is 23.0 Å². The van der Waals surface area contributed by atoms with Gasteiger partial charge in [-0.15, -0.1) is 0 Å². The summed E-state index contributed by atoms with van der Waals surface area (Å²) in [5.74, 6) is -1.57. The molecule has 3 rings (SSSR count). The molecule has 0 spiro atoms. The smallest absolute Gasteiger partial charge is 0.276 e. The zero-order chi connectivity index (χ0) is 19.6. The molecule has 0 aliphatic heterocycles. The van der Waals surface area contributed by atoms with Crippen LogP contribution in [0.3, 0.4) is 0 Å². The van der Waals surface area contributed by atoms with Gasteiger partial charge in [0.25, 0.3) is 5.91 Å². The Bertz CT molecular complexity index is 984. The number of hydrogen-bond acceptors (Lipinski definition) is 5. The van der Waals surface area contributed by atoms with Gasteiger partial charge >= 0.3 is 0 Å². The fourth-order valence-corrected chi connectivity index (χ4v) is 2.55. The molecule has 0 aliphatic carbocycles. The molecule has 0 bridgehead atoms. The first-order valence-electron chi connectivity index (χ1n) is 7.81. The Kier molecular flexibility index (Phi) is 5.02. The van der Waals surface area contributed by atoms with Crippen LogP contribution >= 0.6 is 0 Å². The highest BCUT2D eigenvalue weighted by molar-refractivity contribution is 6.03. The van der Waals surface area contributed by atoms with Gasteiger partial charge in [0.05, 0.1) is 32.3 Å². The summed E-state index contributed by atoms with van der Waals surface area (Å²) in [6.07, 6.45) is 1.62. The fourth-order valence-electron chi connectivity index (χ4n) is 2.55. The number of nitrogens with zero attached hydrogens (tertiary/aromatic N) is 3. The number of halogens is 2. The van der Waals surface area contributed by atoms with E-state index in [1.165, 1.54) is 25.0 Å². The van der Waals surface area contributed by atoms with E-state index in [1.54, 1.807) is 25.2 Å². The van der Waals surface area contributed by atoms with Crippen molar-refractivity contribution in [3.8, 4) is 22.8 Å². The maximum atomic E-state index is 13.7. The van der Waals surface area contributed by atoms with Crippen LogP contribution in [0.15, 0.2) is 36.7 Å². The number of benzene rings is 1. The SMILES string of the molecule is COc1ccc(OC)c(-c2cc(C(=O)Nc3c(F)cncc3F)nn2C)c1. The van der Waals surface area contributed by atoms with E-state index in [9.17, 15) is 13.6 Å². The lowest BCUT2D eigenvalue weighted by atomic mass is 10.1. The zero-order valence-corrected chi connectivity index (χ0v) is 14.8. The van der Waals surface area contributed by atoms with Gasteiger partial charge in [-0.1, -0.05) is 0 Å². The number of hydrogen-bond donors (Lipinski definition) is 1. The molecule has 2 aromatic heterocycles. The van der Waals surface area contributed by atoms with Crippen molar-refractivity contribution in [3.05, 3.63) is 54.0 Å². The third-order valence-electron chi connectivity index (χ3n) is 3.89. The first kappa shape index (κ1) is 18.3. The molecule has 0 saturated heterocycles. The Morgan fingerprint density at radius 3 is 2.44 bits per heavy atom. The second kappa shape index (κ2) is 7.40. The number of ether oxygens (including phenoxy) is 2. The number of amides is 1. The summed E-state index contributed by atoms with van der Waals surface area (Å²) in [6.45, 7) is 0. The molecule has 0 aliphatic rings. The third-order valence-corrected chi connectivity index (χ3v) is 3.89. The van der Waals surface area contributed by atoms with Crippen molar-refractivity contribution in [3.63, 3.8) is 0 Å². The van der Waals surface area contributed by atoms with Gasteiger partial charge in [0.2, 0.25) is 0 Å². The Morgan fingerprint density at radius 1 is 1.11 bits per heavy atom. The predicted molar refractivity (Wildman–Crippen MR) is 93.9 cm³/mol. The number of anilines is 1. The van der Waals surface area contributed by atoms with Crippen molar-refractivity contribution in [2.75, 3.05) is 19.5 Å². The number of aryl methyl sites for hydroxylation is 1. The number of carbonyl (C=O) groups is 1. The minimum absolute atomic E-state index is 0.0204. The molecule has 0 radical (unpaired) electrons. The maximum absolute atomic E-state index is 13.7. The number of pyridine rings is 1. The second-order valence-electron chi connectivity index (χ2n) is 5.54. The standard InChI is InChI=1S/C18H16F2N4O3/c1-24-15(11-6-10(26-2)4-5-16(11)27-3)7-14(23-24)18(25)22-17-12(19)8-21-9-13(17)20/h4-9H,1-3H3,(H,21,22,25). The van der Waals surface area contributed by atoms with E-state index in [1.807, 2.05) is 0 Å². The number of carbonyl (C=O) groups excluding carboxylic acids is 1. The molecule has 0 fully saturated rings. The van der Waals surface area contributed by atoms with Crippen LogP contribution in [0.2, 0.25) is 0 Å². The van der Waals surface area contributed by atoms with Crippen LogP contribution in [-0.4, -0.2) is 34.9 Å². The highest BCUT2D eigenvalue weighted by Crippen LogP contribution is 2.33.